The summed E-state index contributed by atoms with van der Waals surface area (Å²) in [7, 11) is 0. The van der Waals surface area contributed by atoms with Gasteiger partial charge in [0, 0.05) is 5.56 Å². The van der Waals surface area contributed by atoms with Gasteiger partial charge in [0.15, 0.2) is 0 Å². The van der Waals surface area contributed by atoms with Crippen LogP contribution in [0.15, 0.2) is 48.7 Å². The third-order valence-corrected chi connectivity index (χ3v) is 5.20. The summed E-state index contributed by atoms with van der Waals surface area (Å²) in [5.74, 6) is -1.16. The highest BCUT2D eigenvalue weighted by molar-refractivity contribution is 5.87. The Balaban J connectivity index is 1.78. The Labute approximate surface area is 164 Å². The van der Waals surface area contributed by atoms with Crippen LogP contribution in [0.1, 0.15) is 0 Å². The molecule has 0 bridgehead atoms. The molecule has 152 valence electrons. The van der Waals surface area contributed by atoms with E-state index in [1.807, 2.05) is 42.5 Å². The molecule has 1 aromatic heterocycles. The molecule has 1 amide bonds. The maximum atomic E-state index is 12.3. The first-order valence-electron chi connectivity index (χ1n) is 8.93. The Morgan fingerprint density at radius 1 is 1.14 bits per heavy atom. The number of carbonyl (C=O) groups excluding carboxylic acids is 1. The van der Waals surface area contributed by atoms with Crippen molar-refractivity contribution >= 4 is 16.7 Å². The molecule has 10 heteroatoms. The summed E-state index contributed by atoms with van der Waals surface area (Å²) in [4.78, 5) is 12.3. The first-order chi connectivity index (χ1) is 13.9. The topological polar surface area (TPSA) is 164 Å². The van der Waals surface area contributed by atoms with Gasteiger partial charge in [0.2, 0.25) is 0 Å². The predicted molar refractivity (Wildman–Crippen MR) is 100 cm³/mol. The summed E-state index contributed by atoms with van der Waals surface area (Å²) >= 11 is 0. The highest BCUT2D eigenvalue weighted by atomic mass is 16.6. The van der Waals surface area contributed by atoms with Crippen molar-refractivity contribution in [2.75, 3.05) is 6.61 Å². The molecule has 5 atom stereocenters. The Hall–Kier alpha value is -2.89. The van der Waals surface area contributed by atoms with Gasteiger partial charge < -0.3 is 30.9 Å². The summed E-state index contributed by atoms with van der Waals surface area (Å²) in [5, 5.41) is 50.0. The Kier molecular flexibility index (Phi) is 4.81. The number of carbonyl (C=O) groups is 1. The second-order valence-electron chi connectivity index (χ2n) is 6.94. The monoisotopic (exact) mass is 400 g/mol. The maximum Gasteiger partial charge on any atom is 0.275 e. The van der Waals surface area contributed by atoms with Gasteiger partial charge in [-0.1, -0.05) is 41.6 Å². The van der Waals surface area contributed by atoms with E-state index >= 15 is 0 Å². The average Bonchev–Trinajstić information content (AvgIpc) is 3.22. The first-order valence-corrected chi connectivity index (χ1v) is 8.93. The minimum Gasteiger partial charge on any atom is -0.394 e. The number of benzene rings is 2. The van der Waals surface area contributed by atoms with Gasteiger partial charge in [-0.15, -0.1) is 5.10 Å². The van der Waals surface area contributed by atoms with Crippen LogP contribution in [0.25, 0.3) is 22.0 Å². The van der Waals surface area contributed by atoms with E-state index in [4.69, 9.17) is 10.5 Å². The van der Waals surface area contributed by atoms with Crippen LogP contribution in [0.3, 0.4) is 0 Å². The fraction of sp³-hybridized carbons (Fsp3) is 0.316. The van der Waals surface area contributed by atoms with Crippen molar-refractivity contribution < 1.29 is 30.0 Å². The SMILES string of the molecule is NC(=O)[C@@]1(n2cc(-c3ccc4ccccc4c3)nn2)O[C@H](CO)[C@@H](O)[C@H](O)[C@H]1O. The lowest BCUT2D eigenvalue weighted by Gasteiger charge is -2.46. The van der Waals surface area contributed by atoms with E-state index in [9.17, 15) is 25.2 Å². The average molecular weight is 400 g/mol. The Morgan fingerprint density at radius 2 is 1.86 bits per heavy atom. The third-order valence-electron chi connectivity index (χ3n) is 5.20. The van der Waals surface area contributed by atoms with Crippen molar-refractivity contribution in [1.29, 1.82) is 0 Å². The van der Waals surface area contributed by atoms with Crippen LogP contribution in [-0.4, -0.2) is 72.3 Å². The van der Waals surface area contributed by atoms with Crippen LogP contribution >= 0.6 is 0 Å². The van der Waals surface area contributed by atoms with E-state index in [1.54, 1.807) is 0 Å². The molecule has 29 heavy (non-hydrogen) atoms. The molecular formula is C19H20N4O6. The van der Waals surface area contributed by atoms with Crippen molar-refractivity contribution in [1.82, 2.24) is 15.0 Å². The van der Waals surface area contributed by atoms with E-state index < -0.39 is 42.7 Å². The number of ether oxygens (including phenoxy) is 1. The zero-order valence-electron chi connectivity index (χ0n) is 15.2. The molecule has 0 spiro atoms. The number of primary amides is 1. The highest BCUT2D eigenvalue weighted by Crippen LogP contribution is 2.34. The lowest BCUT2D eigenvalue weighted by molar-refractivity contribution is -0.296. The number of amides is 1. The van der Waals surface area contributed by atoms with Gasteiger partial charge >= 0.3 is 0 Å². The van der Waals surface area contributed by atoms with Gasteiger partial charge in [-0.25, -0.2) is 4.68 Å². The van der Waals surface area contributed by atoms with Crippen molar-refractivity contribution in [2.24, 2.45) is 5.73 Å². The lowest BCUT2D eigenvalue weighted by atomic mass is 9.90. The number of nitrogens with zero attached hydrogens (tertiary/aromatic N) is 3. The van der Waals surface area contributed by atoms with Crippen LogP contribution in [0.2, 0.25) is 0 Å². The molecule has 2 aromatic carbocycles. The largest absolute Gasteiger partial charge is 0.394 e. The summed E-state index contributed by atoms with van der Waals surface area (Å²) in [6.45, 7) is -0.716. The molecule has 0 unspecified atom stereocenters. The van der Waals surface area contributed by atoms with Gasteiger partial charge in [0.25, 0.3) is 11.6 Å². The first kappa shape index (κ1) is 19.4. The van der Waals surface area contributed by atoms with Crippen molar-refractivity contribution in [3.05, 3.63) is 48.7 Å². The molecule has 2 heterocycles. The zero-order valence-corrected chi connectivity index (χ0v) is 15.2. The number of fused-ring (bicyclic) bond motifs is 1. The van der Waals surface area contributed by atoms with E-state index in [0.717, 1.165) is 15.5 Å². The van der Waals surface area contributed by atoms with Crippen LogP contribution in [0.5, 0.6) is 0 Å². The van der Waals surface area contributed by atoms with Gasteiger partial charge in [0.05, 0.1) is 12.8 Å². The molecule has 6 N–H and O–H groups in total. The number of hydrogen-bond donors (Lipinski definition) is 5. The molecule has 4 rings (SSSR count). The molecular weight excluding hydrogens is 380 g/mol. The van der Waals surface area contributed by atoms with Crippen LogP contribution in [-0.2, 0) is 15.3 Å². The number of aliphatic hydroxyl groups is 4. The smallest absolute Gasteiger partial charge is 0.275 e. The molecule has 1 aliphatic rings. The molecule has 1 aliphatic heterocycles. The van der Waals surface area contributed by atoms with E-state index in [0.29, 0.717) is 11.3 Å². The van der Waals surface area contributed by atoms with Crippen LogP contribution in [0.4, 0.5) is 0 Å². The molecule has 10 nitrogen and oxygen atoms in total. The summed E-state index contributed by atoms with van der Waals surface area (Å²) < 4.78 is 6.37. The maximum absolute atomic E-state index is 12.3. The Morgan fingerprint density at radius 3 is 2.55 bits per heavy atom. The minimum absolute atomic E-state index is 0.369. The van der Waals surface area contributed by atoms with Gasteiger partial charge in [0.1, 0.15) is 30.1 Å². The molecule has 0 radical (unpaired) electrons. The minimum atomic E-state index is -2.35. The number of aliphatic hydroxyl groups excluding tert-OH is 4. The summed E-state index contributed by atoms with van der Waals surface area (Å²) in [5.41, 5.74) is 4.19. The predicted octanol–water partition coefficient (Wildman–Crippen LogP) is -1.29. The van der Waals surface area contributed by atoms with Crippen LogP contribution in [0, 0.1) is 0 Å². The normalized spacial score (nSPS) is 29.8. The molecule has 3 aromatic rings. The van der Waals surface area contributed by atoms with Gasteiger partial charge in [-0.2, -0.15) is 0 Å². The standard InChI is InChI=1S/C19H20N4O6/c20-18(28)19(17(27)16(26)15(25)14(9-24)29-19)23-8-13(21-22-23)12-6-5-10-3-1-2-4-11(10)7-12/h1-8,14-17,24-27H,9H2,(H2,20,28)/t14-,15-,16+,17-,19+/m1/s1. The second-order valence-corrected chi connectivity index (χ2v) is 6.94. The second kappa shape index (κ2) is 7.17. The van der Waals surface area contributed by atoms with Gasteiger partial charge in [-0.3, -0.25) is 4.79 Å². The molecule has 0 saturated carbocycles. The fourth-order valence-corrected chi connectivity index (χ4v) is 3.57. The Bertz CT molecular complexity index is 1050. The van der Waals surface area contributed by atoms with E-state index in [-0.39, 0.29) is 0 Å². The number of aromatic nitrogens is 3. The van der Waals surface area contributed by atoms with E-state index in [2.05, 4.69) is 10.3 Å². The van der Waals surface area contributed by atoms with Crippen molar-refractivity contribution in [2.45, 2.75) is 30.1 Å². The molecule has 0 aliphatic carbocycles. The third kappa shape index (κ3) is 2.98. The molecule has 1 saturated heterocycles. The zero-order chi connectivity index (χ0) is 20.8. The number of rotatable bonds is 4. The van der Waals surface area contributed by atoms with Crippen molar-refractivity contribution in [3.63, 3.8) is 0 Å². The van der Waals surface area contributed by atoms with E-state index in [1.165, 1.54) is 6.20 Å². The van der Waals surface area contributed by atoms with Gasteiger partial charge in [-0.05, 0) is 16.8 Å². The lowest BCUT2D eigenvalue weighted by Crippen LogP contribution is -2.70. The number of nitrogens with two attached hydrogens (primary N) is 1. The fourth-order valence-electron chi connectivity index (χ4n) is 3.57. The van der Waals surface area contributed by atoms with Crippen LogP contribution < -0.4 is 5.73 Å². The summed E-state index contributed by atoms with van der Waals surface area (Å²) in [6.07, 6.45) is -5.39. The summed E-state index contributed by atoms with van der Waals surface area (Å²) in [6, 6.07) is 13.3. The highest BCUT2D eigenvalue weighted by Gasteiger charge is 2.59. The van der Waals surface area contributed by atoms with Crippen molar-refractivity contribution in [3.8, 4) is 11.3 Å². The quantitative estimate of drug-likeness (QED) is 0.361. The number of hydrogen-bond acceptors (Lipinski definition) is 8. The molecule has 1 fully saturated rings.